The van der Waals surface area contributed by atoms with Crippen molar-refractivity contribution in [1.29, 1.82) is 0 Å². The van der Waals surface area contributed by atoms with Crippen molar-refractivity contribution in [3.63, 3.8) is 0 Å². The Morgan fingerprint density at radius 1 is 1.18 bits per heavy atom. The molecule has 1 unspecified atom stereocenters. The van der Waals surface area contributed by atoms with Crippen LogP contribution in [0.2, 0.25) is 0 Å². The maximum Gasteiger partial charge on any atom is 0.103 e. The van der Waals surface area contributed by atoms with Crippen molar-refractivity contribution in [1.82, 2.24) is 0 Å². The van der Waals surface area contributed by atoms with Crippen LogP contribution in [0.1, 0.15) is 31.7 Å². The van der Waals surface area contributed by atoms with E-state index in [-0.39, 0.29) is 0 Å². The third-order valence-corrected chi connectivity index (χ3v) is 3.97. The lowest BCUT2D eigenvalue weighted by Crippen LogP contribution is -3.14. The largest absolute Gasteiger partial charge is 0.378 e. The monoisotopic (exact) mass is 233 g/mol. The molecule has 0 aliphatic carbocycles. The highest BCUT2D eigenvalue weighted by atomic mass is 15.2. The second kappa shape index (κ2) is 5.54. The molecule has 1 fully saturated rings. The minimum absolute atomic E-state index is 0.831. The smallest absolute Gasteiger partial charge is 0.103 e. The molecule has 1 saturated heterocycles. The molecule has 2 heteroatoms. The molecule has 17 heavy (non-hydrogen) atoms. The summed E-state index contributed by atoms with van der Waals surface area (Å²) in [5, 5.41) is 0. The van der Waals surface area contributed by atoms with Crippen LogP contribution in [0.4, 0.5) is 5.69 Å². The normalized spacial score (nSPS) is 24.6. The average molecular weight is 233 g/mol. The Labute approximate surface area is 105 Å². The number of rotatable bonds is 3. The topological polar surface area (TPSA) is 7.68 Å². The van der Waals surface area contributed by atoms with Gasteiger partial charge in [-0.2, -0.15) is 0 Å². The van der Waals surface area contributed by atoms with Crippen molar-refractivity contribution < 1.29 is 4.90 Å². The van der Waals surface area contributed by atoms with Crippen LogP contribution in [0.15, 0.2) is 24.3 Å². The summed E-state index contributed by atoms with van der Waals surface area (Å²) in [6.07, 6.45) is 4.21. The van der Waals surface area contributed by atoms with Gasteiger partial charge in [0.15, 0.2) is 0 Å². The first-order valence-corrected chi connectivity index (χ1v) is 6.77. The molecule has 1 aliphatic heterocycles. The number of quaternary nitrogens is 1. The van der Waals surface area contributed by atoms with Gasteiger partial charge in [0.25, 0.3) is 0 Å². The predicted molar refractivity (Wildman–Crippen MR) is 73.6 cm³/mol. The fraction of sp³-hybridized carbons (Fsp3) is 0.600. The lowest BCUT2D eigenvalue weighted by atomic mass is 10.0. The zero-order valence-electron chi connectivity index (χ0n) is 11.4. The zero-order chi connectivity index (χ0) is 12.3. The number of nitrogens with one attached hydrogen (secondary N) is 1. The lowest BCUT2D eigenvalue weighted by Gasteiger charge is -2.30. The Kier molecular flexibility index (Phi) is 4.06. The van der Waals surface area contributed by atoms with Crippen LogP contribution in [-0.4, -0.2) is 26.7 Å². The first kappa shape index (κ1) is 12.4. The van der Waals surface area contributed by atoms with E-state index < -0.39 is 0 Å². The van der Waals surface area contributed by atoms with E-state index in [0.29, 0.717) is 0 Å². The van der Waals surface area contributed by atoms with E-state index in [4.69, 9.17) is 0 Å². The fourth-order valence-electron chi connectivity index (χ4n) is 2.69. The van der Waals surface area contributed by atoms with Gasteiger partial charge in [0.1, 0.15) is 6.54 Å². The van der Waals surface area contributed by atoms with Gasteiger partial charge in [0.05, 0.1) is 12.6 Å². The van der Waals surface area contributed by atoms with Gasteiger partial charge in [-0.3, -0.25) is 0 Å². The molecule has 1 heterocycles. The van der Waals surface area contributed by atoms with Crippen molar-refractivity contribution in [2.24, 2.45) is 0 Å². The fourth-order valence-corrected chi connectivity index (χ4v) is 2.69. The van der Waals surface area contributed by atoms with Gasteiger partial charge in [-0.15, -0.1) is 0 Å². The number of likely N-dealkylation sites (tertiary alicyclic amines) is 1. The third-order valence-electron chi connectivity index (χ3n) is 3.97. The molecule has 1 aliphatic rings. The lowest BCUT2D eigenvalue weighted by molar-refractivity contribution is -0.941. The third kappa shape index (κ3) is 3.22. The first-order chi connectivity index (χ1) is 8.16. The molecule has 0 amide bonds. The van der Waals surface area contributed by atoms with Crippen molar-refractivity contribution >= 4 is 5.69 Å². The molecule has 0 bridgehead atoms. The van der Waals surface area contributed by atoms with Crippen molar-refractivity contribution in [3.05, 3.63) is 29.8 Å². The summed E-state index contributed by atoms with van der Waals surface area (Å²) in [5.41, 5.74) is 2.76. The molecule has 94 valence electrons. The van der Waals surface area contributed by atoms with Crippen LogP contribution in [0.3, 0.4) is 0 Å². The van der Waals surface area contributed by atoms with Crippen LogP contribution in [0, 0.1) is 0 Å². The van der Waals surface area contributed by atoms with E-state index in [0.717, 1.165) is 6.04 Å². The number of piperidine rings is 1. The van der Waals surface area contributed by atoms with Crippen LogP contribution >= 0.6 is 0 Å². The maximum absolute atomic E-state index is 2.39. The number of nitrogens with zero attached hydrogens (tertiary/aromatic N) is 1. The highest BCUT2D eigenvalue weighted by Gasteiger charge is 2.21. The molecule has 2 nitrogen and oxygen atoms in total. The van der Waals surface area contributed by atoms with E-state index in [2.05, 4.69) is 50.2 Å². The Bertz CT molecular complexity index is 342. The van der Waals surface area contributed by atoms with E-state index in [1.807, 2.05) is 0 Å². The summed E-state index contributed by atoms with van der Waals surface area (Å²) in [7, 11) is 4.18. The Hall–Kier alpha value is -1.02. The van der Waals surface area contributed by atoms with E-state index in [1.165, 1.54) is 43.6 Å². The zero-order valence-corrected chi connectivity index (χ0v) is 11.4. The van der Waals surface area contributed by atoms with E-state index >= 15 is 0 Å². The van der Waals surface area contributed by atoms with Crippen LogP contribution in [-0.2, 0) is 6.54 Å². The molecule has 1 N–H and O–H groups in total. The standard InChI is InChI=1S/C15H24N2/c1-13-6-4-5-11-17(13)12-14-7-9-15(10-8-14)16(2)3/h7-10,13H,4-6,11-12H2,1-3H3/p+1/t13-/m1/s1. The predicted octanol–water partition coefficient (Wildman–Crippen LogP) is 1.71. The first-order valence-electron chi connectivity index (χ1n) is 6.77. The minimum atomic E-state index is 0.831. The molecule has 0 radical (unpaired) electrons. The van der Waals surface area contributed by atoms with Crippen molar-refractivity contribution in [3.8, 4) is 0 Å². The van der Waals surface area contributed by atoms with Gasteiger partial charge in [-0.1, -0.05) is 12.1 Å². The van der Waals surface area contributed by atoms with Crippen molar-refractivity contribution in [2.45, 2.75) is 38.8 Å². The molecule has 2 rings (SSSR count). The summed E-state index contributed by atoms with van der Waals surface area (Å²) in [5.74, 6) is 0. The number of hydrogen-bond donors (Lipinski definition) is 1. The Balaban J connectivity index is 1.98. The summed E-state index contributed by atoms with van der Waals surface area (Å²) < 4.78 is 0. The summed E-state index contributed by atoms with van der Waals surface area (Å²) in [6, 6.07) is 9.84. The number of benzene rings is 1. The molecule has 1 aromatic carbocycles. The van der Waals surface area contributed by atoms with Crippen LogP contribution in [0.5, 0.6) is 0 Å². The highest BCUT2D eigenvalue weighted by Crippen LogP contribution is 2.12. The van der Waals surface area contributed by atoms with Gasteiger partial charge in [-0.25, -0.2) is 0 Å². The summed E-state index contributed by atoms with van der Waals surface area (Å²) in [4.78, 5) is 3.91. The van der Waals surface area contributed by atoms with E-state index in [9.17, 15) is 0 Å². The van der Waals surface area contributed by atoms with Crippen LogP contribution in [0.25, 0.3) is 0 Å². The van der Waals surface area contributed by atoms with Gasteiger partial charge >= 0.3 is 0 Å². The highest BCUT2D eigenvalue weighted by molar-refractivity contribution is 5.45. The molecule has 1 aromatic rings. The van der Waals surface area contributed by atoms with Gasteiger partial charge in [0.2, 0.25) is 0 Å². The Morgan fingerprint density at radius 3 is 2.47 bits per heavy atom. The maximum atomic E-state index is 2.39. The molecular formula is C15H25N2+. The summed E-state index contributed by atoms with van der Waals surface area (Å²) >= 11 is 0. The van der Waals surface area contributed by atoms with Crippen molar-refractivity contribution in [2.75, 3.05) is 25.5 Å². The molecule has 0 aromatic heterocycles. The minimum Gasteiger partial charge on any atom is -0.378 e. The molecule has 0 saturated carbocycles. The number of anilines is 1. The van der Waals surface area contributed by atoms with Gasteiger partial charge in [-0.05, 0) is 38.3 Å². The van der Waals surface area contributed by atoms with Gasteiger partial charge < -0.3 is 9.80 Å². The quantitative estimate of drug-likeness (QED) is 0.835. The Morgan fingerprint density at radius 2 is 1.88 bits per heavy atom. The van der Waals surface area contributed by atoms with Gasteiger partial charge in [0, 0.05) is 25.3 Å². The van der Waals surface area contributed by atoms with E-state index in [1.54, 1.807) is 4.90 Å². The number of hydrogen-bond acceptors (Lipinski definition) is 1. The molecular weight excluding hydrogens is 208 g/mol. The summed E-state index contributed by atoms with van der Waals surface area (Å²) in [6.45, 7) is 4.92. The second-order valence-corrected chi connectivity index (χ2v) is 5.54. The second-order valence-electron chi connectivity index (χ2n) is 5.54. The molecule has 2 atom stereocenters. The SMILES string of the molecule is C[C@@H]1CCCC[NH+]1Cc1ccc(N(C)C)cc1. The molecule has 0 spiro atoms. The van der Waals surface area contributed by atoms with Crippen LogP contribution < -0.4 is 9.80 Å². The average Bonchev–Trinajstić information content (AvgIpc) is 2.33.